The first-order valence-corrected chi connectivity index (χ1v) is 15.6. The Bertz CT molecular complexity index is 1710. The number of nitrogens with one attached hydrogen (secondary N) is 1. The number of amides is 2. The Balaban J connectivity index is 1.29. The van der Waals surface area contributed by atoms with Crippen molar-refractivity contribution in [2.24, 2.45) is 0 Å². The summed E-state index contributed by atoms with van der Waals surface area (Å²) in [5, 5.41) is 8.08. The molecule has 3 aromatic heterocycles. The molecule has 2 aliphatic rings. The molecule has 0 unspecified atom stereocenters. The van der Waals surface area contributed by atoms with Crippen LogP contribution < -0.4 is 32.3 Å². The van der Waals surface area contributed by atoms with Crippen molar-refractivity contribution in [3.63, 3.8) is 0 Å². The number of benzene rings is 1. The SMILES string of the molecule is CC(=O)c1nn(CC(=O)N2[C@H](C(=O)Nc3nc(Br)ccc3C)C[C@@]3(C)[I-][C@@H]23)c2ccc(-c3cnc(N)nc3)cc12. The number of carbonyl (C=O) groups is 3. The second kappa shape index (κ2) is 9.87. The van der Waals surface area contributed by atoms with Crippen LogP contribution in [0.4, 0.5) is 11.8 Å². The molecule has 1 aromatic carbocycles. The topological polar surface area (TPSA) is 149 Å². The second-order valence-electron chi connectivity index (χ2n) is 10.2. The minimum absolute atomic E-state index is 0.0169. The second-order valence-corrected chi connectivity index (χ2v) is 15.2. The Morgan fingerprint density at radius 1 is 1.18 bits per heavy atom. The molecule has 2 fully saturated rings. The maximum absolute atomic E-state index is 13.8. The fourth-order valence-corrected chi connectivity index (χ4v) is 8.81. The molecule has 2 amide bonds. The van der Waals surface area contributed by atoms with Crippen LogP contribution in [0.1, 0.15) is 36.3 Å². The number of Topliss-reactive ketones (excluding diaryl/α,β-unsaturated/α-hetero) is 1. The average molecular weight is 716 g/mol. The summed E-state index contributed by atoms with van der Waals surface area (Å²) in [5.74, 6) is -0.00617. The molecule has 40 heavy (non-hydrogen) atoms. The zero-order valence-corrected chi connectivity index (χ0v) is 25.6. The standard InChI is InChI=1S/C27H25BrIN8O3/c1-13-4-7-20(28)33-23(13)34-24(40)19-9-27(3)25(29-27)37(19)21(39)12-36-18-6-5-15(16-10-31-26(30)32-11-16)8-17(18)22(35-36)14(2)38/h4-8,10-11,19,25H,9,12H2,1-3H3,(H2,30,31,32)(H,33,34,40)/q-1/t19-,25-,27+/m0/s1. The molecule has 3 N–H and O–H groups in total. The number of rotatable bonds is 6. The molecule has 4 aromatic rings. The number of nitrogens with two attached hydrogens (primary N) is 1. The van der Waals surface area contributed by atoms with Crippen molar-refractivity contribution in [3.8, 4) is 11.1 Å². The number of anilines is 2. The average Bonchev–Trinajstić information content (AvgIpc) is 3.28. The molecule has 0 radical (unpaired) electrons. The number of nitrogens with zero attached hydrogens (tertiary/aromatic N) is 6. The molecule has 11 nitrogen and oxygen atoms in total. The Hall–Kier alpha value is -3.46. The van der Waals surface area contributed by atoms with E-state index >= 15 is 0 Å². The van der Waals surface area contributed by atoms with Gasteiger partial charge in [0.25, 0.3) is 0 Å². The van der Waals surface area contributed by atoms with Crippen LogP contribution >= 0.6 is 15.9 Å². The van der Waals surface area contributed by atoms with Gasteiger partial charge in [0.1, 0.15) is 0 Å². The molecule has 6 rings (SSSR count). The number of hydrogen-bond acceptors (Lipinski definition) is 8. The van der Waals surface area contributed by atoms with Crippen LogP contribution in [0.3, 0.4) is 0 Å². The number of halogens is 2. The molecule has 0 aliphatic carbocycles. The Morgan fingerprint density at radius 3 is 2.65 bits per heavy atom. The summed E-state index contributed by atoms with van der Waals surface area (Å²) in [6.45, 7) is 5.40. The van der Waals surface area contributed by atoms with Gasteiger partial charge in [0.2, 0.25) is 5.95 Å². The van der Waals surface area contributed by atoms with Crippen molar-refractivity contribution < 1.29 is 35.6 Å². The van der Waals surface area contributed by atoms with Gasteiger partial charge < -0.3 is 5.73 Å². The van der Waals surface area contributed by atoms with E-state index in [9.17, 15) is 14.4 Å². The Kier molecular flexibility index (Phi) is 6.60. The quantitative estimate of drug-likeness (QED) is 0.0945. The summed E-state index contributed by atoms with van der Waals surface area (Å²) in [6, 6.07) is 8.63. The van der Waals surface area contributed by atoms with Gasteiger partial charge in [0.05, 0.1) is 0 Å². The van der Waals surface area contributed by atoms with Gasteiger partial charge in [-0.15, -0.1) is 0 Å². The van der Waals surface area contributed by atoms with Gasteiger partial charge in [-0.05, 0) is 0 Å². The van der Waals surface area contributed by atoms with Crippen molar-refractivity contribution in [1.82, 2.24) is 29.6 Å². The van der Waals surface area contributed by atoms with E-state index in [1.807, 2.05) is 37.3 Å². The monoisotopic (exact) mass is 715 g/mol. The van der Waals surface area contributed by atoms with Crippen LogP contribution in [0.25, 0.3) is 22.0 Å². The predicted molar refractivity (Wildman–Crippen MR) is 148 cm³/mol. The van der Waals surface area contributed by atoms with Gasteiger partial charge in [0.15, 0.2) is 0 Å². The number of aromatic nitrogens is 5. The number of ketones is 1. The third kappa shape index (κ3) is 4.74. The summed E-state index contributed by atoms with van der Waals surface area (Å²) in [4.78, 5) is 53.9. The minimum atomic E-state index is -0.595. The van der Waals surface area contributed by atoms with E-state index in [-0.39, 0.29) is 64.5 Å². The van der Waals surface area contributed by atoms with Crippen LogP contribution in [0, 0.1) is 6.92 Å². The molecular formula is C27H25BrIN8O3-. The normalized spacial score (nSPS) is 21.6. The number of hydrogen-bond donors (Lipinski definition) is 2. The third-order valence-electron chi connectivity index (χ3n) is 7.24. The number of aryl methyl sites for hydroxylation is 1. The Morgan fingerprint density at radius 2 is 1.93 bits per heavy atom. The van der Waals surface area contributed by atoms with Crippen LogP contribution in [0.5, 0.6) is 0 Å². The third-order valence-corrected chi connectivity index (χ3v) is 12.0. The van der Waals surface area contributed by atoms with Crippen LogP contribution in [0.15, 0.2) is 47.3 Å². The summed E-state index contributed by atoms with van der Waals surface area (Å²) in [5.41, 5.74) is 8.92. The number of likely N-dealkylation sites (tertiary alicyclic amines) is 1. The number of alkyl halides is 2. The van der Waals surface area contributed by atoms with Crippen molar-refractivity contribution in [2.75, 3.05) is 11.1 Å². The van der Waals surface area contributed by atoms with E-state index in [1.54, 1.807) is 22.0 Å². The zero-order valence-electron chi connectivity index (χ0n) is 21.9. The van der Waals surface area contributed by atoms with Crippen molar-refractivity contribution >= 4 is 56.2 Å². The number of fused-ring (bicyclic) bond motifs is 2. The van der Waals surface area contributed by atoms with Crippen molar-refractivity contribution in [3.05, 3.63) is 58.6 Å². The zero-order chi connectivity index (χ0) is 28.3. The molecule has 0 saturated carbocycles. The van der Waals surface area contributed by atoms with E-state index in [0.29, 0.717) is 27.7 Å². The van der Waals surface area contributed by atoms with Gasteiger partial charge in [-0.2, -0.15) is 0 Å². The molecular weight excluding hydrogens is 691 g/mol. The molecule has 2 aliphatic heterocycles. The molecule has 5 heterocycles. The van der Waals surface area contributed by atoms with Crippen molar-refractivity contribution in [1.29, 1.82) is 0 Å². The van der Waals surface area contributed by atoms with Gasteiger partial charge in [-0.25, -0.2) is 0 Å². The number of carbonyl (C=O) groups excluding carboxylic acids is 3. The Labute approximate surface area is 248 Å². The van der Waals surface area contributed by atoms with E-state index in [4.69, 9.17) is 5.73 Å². The molecule has 0 bridgehead atoms. The molecule has 206 valence electrons. The molecule has 2 saturated heterocycles. The van der Waals surface area contributed by atoms with Crippen LogP contribution in [-0.2, 0) is 16.1 Å². The number of pyridine rings is 1. The first-order chi connectivity index (χ1) is 19.0. The summed E-state index contributed by atoms with van der Waals surface area (Å²) in [6.07, 6.45) is 3.86. The van der Waals surface area contributed by atoms with Crippen LogP contribution in [-0.4, -0.2) is 60.7 Å². The van der Waals surface area contributed by atoms with E-state index < -0.39 is 6.04 Å². The number of nitrogen functional groups attached to an aromatic ring is 1. The molecule has 0 spiro atoms. The van der Waals surface area contributed by atoms with E-state index in [2.05, 4.69) is 48.2 Å². The van der Waals surface area contributed by atoms with E-state index in [0.717, 1.165) is 16.7 Å². The van der Waals surface area contributed by atoms with Gasteiger partial charge in [-0.1, -0.05) is 0 Å². The van der Waals surface area contributed by atoms with Crippen molar-refractivity contribution in [2.45, 2.75) is 47.2 Å². The summed E-state index contributed by atoms with van der Waals surface area (Å²) in [7, 11) is 0. The molecule has 3 atom stereocenters. The fraction of sp³-hybridized carbons (Fsp3) is 0.296. The molecule has 13 heteroatoms. The van der Waals surface area contributed by atoms with E-state index in [1.165, 1.54) is 6.92 Å². The predicted octanol–water partition coefficient (Wildman–Crippen LogP) is 0.171. The summed E-state index contributed by atoms with van der Waals surface area (Å²) >= 11 is 3.12. The maximum atomic E-state index is 13.8. The van der Waals surface area contributed by atoms with Gasteiger partial charge in [0, 0.05) is 0 Å². The fourth-order valence-electron chi connectivity index (χ4n) is 5.11. The summed E-state index contributed by atoms with van der Waals surface area (Å²) < 4.78 is 2.29. The van der Waals surface area contributed by atoms with Crippen LogP contribution in [0.2, 0.25) is 0 Å². The first kappa shape index (κ1) is 26.7. The van der Waals surface area contributed by atoms with Gasteiger partial charge >= 0.3 is 238 Å². The first-order valence-electron chi connectivity index (χ1n) is 12.5. The van der Waals surface area contributed by atoms with Gasteiger partial charge in [-0.3, -0.25) is 0 Å².